The zero-order valence-electron chi connectivity index (χ0n) is 25.2. The van der Waals surface area contributed by atoms with Gasteiger partial charge < -0.3 is 19.3 Å². The van der Waals surface area contributed by atoms with Crippen LogP contribution in [0.4, 0.5) is 16.2 Å². The molecule has 0 N–H and O–H groups in total. The third kappa shape index (κ3) is 8.40. The van der Waals surface area contributed by atoms with E-state index in [1.807, 2.05) is 99.5 Å². The van der Waals surface area contributed by atoms with Gasteiger partial charge in [0.05, 0.1) is 5.75 Å². The van der Waals surface area contributed by atoms with Crippen molar-refractivity contribution in [2.24, 2.45) is 0 Å². The molecule has 0 spiro atoms. The topological polar surface area (TPSA) is 85.4 Å². The number of anilines is 2. The predicted molar refractivity (Wildman–Crippen MR) is 167 cm³/mol. The Morgan fingerprint density at radius 3 is 1.73 bits per heavy atom. The van der Waals surface area contributed by atoms with Gasteiger partial charge in [0, 0.05) is 54.3 Å². The number of ether oxygens (including phenoxy) is 2. The van der Waals surface area contributed by atoms with Crippen LogP contribution < -0.4 is 14.5 Å². The van der Waals surface area contributed by atoms with E-state index in [-0.39, 0.29) is 11.5 Å². The number of unbranched alkanes of at least 4 members (excludes halogenated alkanes) is 1. The maximum absolute atomic E-state index is 13.6. The molecule has 0 heterocycles. The number of carbonyl (C=O) groups is 1. The van der Waals surface area contributed by atoms with Gasteiger partial charge in [-0.25, -0.2) is 8.42 Å². The molecule has 3 aromatic rings. The van der Waals surface area contributed by atoms with Crippen LogP contribution in [-0.2, 0) is 18.5 Å². The average molecular weight is 603 g/mol. The van der Waals surface area contributed by atoms with E-state index in [2.05, 4.69) is 0 Å². The first-order chi connectivity index (χ1) is 19.2. The summed E-state index contributed by atoms with van der Waals surface area (Å²) in [6.07, 6.45) is 0.329. The van der Waals surface area contributed by atoms with Crippen LogP contribution in [-0.4, -0.2) is 54.1 Å². The Balaban J connectivity index is 2.29. The van der Waals surface area contributed by atoms with Crippen LogP contribution in [0.3, 0.4) is 0 Å². The lowest BCUT2D eigenvalue weighted by Crippen LogP contribution is -2.26. The van der Waals surface area contributed by atoms with Gasteiger partial charge in [0.25, 0.3) is 10.1 Å². The van der Waals surface area contributed by atoms with Crippen molar-refractivity contribution in [3.63, 3.8) is 0 Å². The Bertz CT molecular complexity index is 1360. The minimum Gasteiger partial charge on any atom is -0.428 e. The van der Waals surface area contributed by atoms with E-state index in [1.54, 1.807) is 39.0 Å². The third-order valence-corrected chi connectivity index (χ3v) is 11.3. The fourth-order valence-electron chi connectivity index (χ4n) is 3.99. The maximum atomic E-state index is 13.6. The largest absolute Gasteiger partial charge is 0.514 e. The molecule has 8 nitrogen and oxygen atoms in total. The minimum atomic E-state index is -3.97. The summed E-state index contributed by atoms with van der Waals surface area (Å²) in [7, 11) is 0.940. The lowest BCUT2D eigenvalue weighted by atomic mass is 10.2. The summed E-state index contributed by atoms with van der Waals surface area (Å²) in [4.78, 5) is 18.4. The van der Waals surface area contributed by atoms with Gasteiger partial charge in [0.1, 0.15) is 11.4 Å². The molecule has 0 saturated heterocycles. The SMILES string of the molecule is CCCCS(=O)(=O)OS(c1ccc(N(C)C)cc1)(c1ccc(N(C)C)cc1)c1cccc(OC(=O)OC(C)(C)C)c1. The standard InChI is InChI=1S/C31H42N2O6S2/c1-9-10-22-40(35,36)39-41(27-18-14-24(15-19-27)32(5)6,28-20-16-25(17-21-28)33(7)8)29-13-11-12-26(23-29)37-30(34)38-31(2,3)4/h11-21,23H,9-10,22H2,1-8H3. The number of carbonyl (C=O) groups excluding carboxylic acids is 1. The molecule has 3 rings (SSSR count). The number of hydrogen-bond acceptors (Lipinski definition) is 8. The van der Waals surface area contributed by atoms with Crippen molar-refractivity contribution in [2.45, 2.75) is 60.8 Å². The van der Waals surface area contributed by atoms with Crippen LogP contribution in [0.1, 0.15) is 40.5 Å². The molecule has 0 unspecified atom stereocenters. The second-order valence-corrected chi connectivity index (χ2v) is 15.7. The number of nitrogens with zero attached hydrogens (tertiary/aromatic N) is 2. The van der Waals surface area contributed by atoms with Crippen molar-refractivity contribution in [1.82, 2.24) is 0 Å². The summed E-state index contributed by atoms with van der Waals surface area (Å²) in [6, 6.07) is 22.2. The Hall–Kier alpha value is -3.21. The second-order valence-electron chi connectivity index (χ2n) is 11.1. The van der Waals surface area contributed by atoms with Crippen LogP contribution in [0.5, 0.6) is 5.75 Å². The van der Waals surface area contributed by atoms with Crippen molar-refractivity contribution in [2.75, 3.05) is 43.7 Å². The quantitative estimate of drug-likeness (QED) is 0.165. The summed E-state index contributed by atoms with van der Waals surface area (Å²) >= 11 is 0. The van der Waals surface area contributed by atoms with Crippen molar-refractivity contribution < 1.29 is 26.3 Å². The Morgan fingerprint density at radius 1 is 0.780 bits per heavy atom. The van der Waals surface area contributed by atoms with E-state index in [0.717, 1.165) is 11.4 Å². The molecule has 224 valence electrons. The molecule has 0 atom stereocenters. The molecular weight excluding hydrogens is 560 g/mol. The van der Waals surface area contributed by atoms with Gasteiger partial charge in [0.15, 0.2) is 0 Å². The van der Waals surface area contributed by atoms with Crippen molar-refractivity contribution in [3.05, 3.63) is 72.8 Å². The highest BCUT2D eigenvalue weighted by atomic mass is 32.3. The van der Waals surface area contributed by atoms with Gasteiger partial charge in [-0.15, -0.1) is 0 Å². The second kappa shape index (κ2) is 13.2. The van der Waals surface area contributed by atoms with Gasteiger partial charge in [-0.1, -0.05) is 19.4 Å². The highest BCUT2D eigenvalue weighted by molar-refractivity contribution is 8.33. The molecule has 0 aliphatic carbocycles. The monoisotopic (exact) mass is 602 g/mol. The first kappa shape index (κ1) is 32.3. The van der Waals surface area contributed by atoms with Gasteiger partial charge in [-0.3, -0.25) is 0 Å². The molecule has 0 aliphatic rings. The third-order valence-electron chi connectivity index (χ3n) is 6.05. The van der Waals surface area contributed by atoms with Gasteiger partial charge in [-0.05, 0) is 104 Å². The molecule has 0 radical (unpaired) electrons. The van der Waals surface area contributed by atoms with E-state index in [0.29, 0.717) is 27.5 Å². The van der Waals surface area contributed by atoms with E-state index < -0.39 is 32.2 Å². The highest BCUT2D eigenvalue weighted by Crippen LogP contribution is 2.70. The highest BCUT2D eigenvalue weighted by Gasteiger charge is 2.38. The average Bonchev–Trinajstić information content (AvgIpc) is 2.90. The fraction of sp³-hybridized carbons (Fsp3) is 0.387. The van der Waals surface area contributed by atoms with E-state index >= 15 is 0 Å². The maximum Gasteiger partial charge on any atom is 0.514 e. The Labute approximate surface area is 246 Å². The zero-order valence-corrected chi connectivity index (χ0v) is 26.8. The normalized spacial score (nSPS) is 12.5. The lowest BCUT2D eigenvalue weighted by Gasteiger charge is -2.40. The van der Waals surface area contributed by atoms with Gasteiger partial charge in [0.2, 0.25) is 0 Å². The molecule has 10 heteroatoms. The summed E-state index contributed by atoms with van der Waals surface area (Å²) in [5.41, 5.74) is 1.18. The fourth-order valence-corrected chi connectivity index (χ4v) is 9.50. The summed E-state index contributed by atoms with van der Waals surface area (Å²) < 4.78 is 44.4. The Morgan fingerprint density at radius 2 is 1.29 bits per heavy atom. The van der Waals surface area contributed by atoms with Crippen LogP contribution in [0, 0.1) is 0 Å². The molecule has 0 amide bonds. The van der Waals surface area contributed by atoms with Crippen LogP contribution >= 0.6 is 10.3 Å². The van der Waals surface area contributed by atoms with Crippen molar-refractivity contribution in [1.29, 1.82) is 0 Å². The van der Waals surface area contributed by atoms with E-state index in [4.69, 9.17) is 13.1 Å². The smallest absolute Gasteiger partial charge is 0.428 e. The van der Waals surface area contributed by atoms with Crippen LogP contribution in [0.15, 0.2) is 87.5 Å². The van der Waals surface area contributed by atoms with Gasteiger partial charge in [-0.2, -0.15) is 8.42 Å². The molecule has 0 saturated carbocycles. The molecule has 0 aliphatic heterocycles. The zero-order chi connectivity index (χ0) is 30.4. The van der Waals surface area contributed by atoms with Crippen molar-refractivity contribution in [3.8, 4) is 5.75 Å². The summed E-state index contributed by atoms with van der Waals surface area (Å²) in [6.45, 7) is 7.20. The van der Waals surface area contributed by atoms with Crippen LogP contribution in [0.2, 0.25) is 0 Å². The minimum absolute atomic E-state index is 0.113. The number of benzene rings is 3. The first-order valence-electron chi connectivity index (χ1n) is 13.5. The van der Waals surface area contributed by atoms with Crippen molar-refractivity contribution >= 4 is 38.0 Å². The molecule has 0 bridgehead atoms. The molecule has 3 aromatic carbocycles. The lowest BCUT2D eigenvalue weighted by molar-refractivity contribution is 0.0205. The van der Waals surface area contributed by atoms with E-state index in [9.17, 15) is 13.2 Å². The number of hydrogen-bond donors (Lipinski definition) is 0. The molecular formula is C31H42N2O6S2. The molecule has 0 fully saturated rings. The van der Waals surface area contributed by atoms with Crippen LogP contribution in [0.25, 0.3) is 0 Å². The first-order valence-corrected chi connectivity index (χ1v) is 16.6. The number of rotatable bonds is 11. The molecule has 0 aromatic heterocycles. The van der Waals surface area contributed by atoms with E-state index in [1.165, 1.54) is 0 Å². The predicted octanol–water partition coefficient (Wildman–Crippen LogP) is 7.48. The summed E-state index contributed by atoms with van der Waals surface area (Å²) in [5.74, 6) is 0.107. The summed E-state index contributed by atoms with van der Waals surface area (Å²) in [5, 5.41) is 0. The van der Waals surface area contributed by atoms with Gasteiger partial charge >= 0.3 is 6.16 Å². The molecule has 41 heavy (non-hydrogen) atoms. The Kier molecular flexibility index (Phi) is 10.4.